The van der Waals surface area contributed by atoms with Gasteiger partial charge < -0.3 is 4.74 Å². The summed E-state index contributed by atoms with van der Waals surface area (Å²) in [5.41, 5.74) is 0. The number of rotatable bonds is 1. The minimum absolute atomic E-state index is 0.0813. The first-order chi connectivity index (χ1) is 5.96. The minimum Gasteiger partial charge on any atom is -0.468 e. The Labute approximate surface area is 76.0 Å². The summed E-state index contributed by atoms with van der Waals surface area (Å²) < 4.78 is 26.5. The largest absolute Gasteiger partial charge is 0.468 e. The average Bonchev–Trinajstić information content (AvgIpc) is 2.08. The molecule has 0 saturated carbocycles. The lowest BCUT2D eigenvalue weighted by Gasteiger charge is -2.18. The maximum atomic E-state index is 11.1. The molecule has 0 aliphatic carbocycles. The average molecular weight is 206 g/mol. The van der Waals surface area contributed by atoms with E-state index in [2.05, 4.69) is 4.74 Å². The Morgan fingerprint density at radius 1 is 1.54 bits per heavy atom. The Morgan fingerprint density at radius 2 is 2.15 bits per heavy atom. The van der Waals surface area contributed by atoms with E-state index in [9.17, 15) is 18.0 Å². The summed E-state index contributed by atoms with van der Waals surface area (Å²) in [5, 5.41) is 0. The fourth-order valence-corrected chi connectivity index (χ4v) is 2.71. The summed E-state index contributed by atoms with van der Waals surface area (Å²) >= 11 is 0. The van der Waals surface area contributed by atoms with E-state index < -0.39 is 27.5 Å². The standard InChI is InChI=1S/C7H10O5S/c1-12-7(9)5-4-13(10,11)3-2-6(5)8/h5H,2-4H2,1H3/t5-/m1/s1. The second-order valence-corrected chi connectivity index (χ2v) is 5.14. The van der Waals surface area contributed by atoms with Crippen LogP contribution in [0.25, 0.3) is 0 Å². The van der Waals surface area contributed by atoms with Gasteiger partial charge in [0.2, 0.25) is 0 Å². The molecule has 6 heteroatoms. The molecule has 1 aliphatic rings. The van der Waals surface area contributed by atoms with Gasteiger partial charge >= 0.3 is 5.97 Å². The topological polar surface area (TPSA) is 77.5 Å². The predicted molar refractivity (Wildman–Crippen MR) is 43.8 cm³/mol. The van der Waals surface area contributed by atoms with Gasteiger partial charge in [-0.15, -0.1) is 0 Å². The molecular weight excluding hydrogens is 196 g/mol. The van der Waals surface area contributed by atoms with Crippen LogP contribution in [0, 0.1) is 5.92 Å². The molecule has 0 bridgehead atoms. The maximum absolute atomic E-state index is 11.1. The lowest BCUT2D eigenvalue weighted by atomic mass is 10.0. The molecule has 1 heterocycles. The van der Waals surface area contributed by atoms with Crippen LogP contribution in [-0.4, -0.2) is 38.8 Å². The summed E-state index contributed by atoms with van der Waals surface area (Å²) in [6.45, 7) is 0. The van der Waals surface area contributed by atoms with Crippen molar-refractivity contribution >= 4 is 21.6 Å². The third-order valence-corrected chi connectivity index (χ3v) is 3.62. The Hall–Kier alpha value is -0.910. The molecule has 1 saturated heterocycles. The van der Waals surface area contributed by atoms with E-state index in [4.69, 9.17) is 0 Å². The Kier molecular flexibility index (Phi) is 2.70. The SMILES string of the molecule is COC(=O)[C@@H]1CS(=O)(=O)CCC1=O. The lowest BCUT2D eigenvalue weighted by molar-refractivity contribution is -0.148. The van der Waals surface area contributed by atoms with Crippen molar-refractivity contribution in [3.63, 3.8) is 0 Å². The predicted octanol–water partition coefficient (Wildman–Crippen LogP) is -0.837. The minimum atomic E-state index is -3.24. The highest BCUT2D eigenvalue weighted by atomic mass is 32.2. The summed E-state index contributed by atoms with van der Waals surface area (Å²) in [4.78, 5) is 22.1. The molecule has 0 aromatic rings. The van der Waals surface area contributed by atoms with Crippen molar-refractivity contribution < 1.29 is 22.7 Å². The van der Waals surface area contributed by atoms with Gasteiger partial charge in [-0.3, -0.25) is 9.59 Å². The number of ketones is 1. The van der Waals surface area contributed by atoms with E-state index in [1.165, 1.54) is 0 Å². The highest BCUT2D eigenvalue weighted by Crippen LogP contribution is 2.15. The van der Waals surface area contributed by atoms with Gasteiger partial charge in [0.15, 0.2) is 9.84 Å². The second kappa shape index (κ2) is 3.45. The van der Waals surface area contributed by atoms with Crippen LogP contribution in [0.1, 0.15) is 6.42 Å². The molecule has 1 atom stereocenters. The number of carbonyl (C=O) groups is 2. The molecule has 0 N–H and O–H groups in total. The molecule has 0 unspecified atom stereocenters. The van der Waals surface area contributed by atoms with Gasteiger partial charge in [0, 0.05) is 6.42 Å². The van der Waals surface area contributed by atoms with Crippen molar-refractivity contribution in [2.24, 2.45) is 5.92 Å². The van der Waals surface area contributed by atoms with Gasteiger partial charge in [0.1, 0.15) is 11.7 Å². The van der Waals surface area contributed by atoms with Crippen LogP contribution in [0.3, 0.4) is 0 Å². The molecule has 0 amide bonds. The zero-order valence-electron chi connectivity index (χ0n) is 7.15. The number of hydrogen-bond donors (Lipinski definition) is 0. The molecular formula is C7H10O5S. The third-order valence-electron chi connectivity index (χ3n) is 1.95. The van der Waals surface area contributed by atoms with Gasteiger partial charge in [-0.25, -0.2) is 8.42 Å². The molecule has 1 aliphatic heterocycles. The smallest absolute Gasteiger partial charge is 0.317 e. The van der Waals surface area contributed by atoms with Gasteiger partial charge in [0.05, 0.1) is 18.6 Å². The highest BCUT2D eigenvalue weighted by Gasteiger charge is 2.37. The summed E-state index contributed by atoms with van der Waals surface area (Å²) in [5.74, 6) is -2.77. The number of ether oxygens (including phenoxy) is 1. The van der Waals surface area contributed by atoms with Crippen LogP contribution in [0.2, 0.25) is 0 Å². The van der Waals surface area contributed by atoms with Crippen molar-refractivity contribution in [1.82, 2.24) is 0 Å². The van der Waals surface area contributed by atoms with Crippen LogP contribution in [0.15, 0.2) is 0 Å². The van der Waals surface area contributed by atoms with Gasteiger partial charge in [-0.1, -0.05) is 0 Å². The summed E-state index contributed by atoms with van der Waals surface area (Å²) in [6.07, 6.45) is -0.0813. The van der Waals surface area contributed by atoms with Gasteiger partial charge in [0.25, 0.3) is 0 Å². The Morgan fingerprint density at radius 3 is 2.69 bits per heavy atom. The van der Waals surface area contributed by atoms with Crippen molar-refractivity contribution in [2.75, 3.05) is 18.6 Å². The maximum Gasteiger partial charge on any atom is 0.317 e. The number of Topliss-reactive ketones (excluding diaryl/α,β-unsaturated/α-hetero) is 1. The van der Waals surface area contributed by atoms with Crippen LogP contribution < -0.4 is 0 Å². The van der Waals surface area contributed by atoms with Crippen molar-refractivity contribution in [2.45, 2.75) is 6.42 Å². The molecule has 13 heavy (non-hydrogen) atoms. The first-order valence-corrected chi connectivity index (χ1v) is 5.59. The fourth-order valence-electron chi connectivity index (χ4n) is 1.20. The summed E-state index contributed by atoms with van der Waals surface area (Å²) in [7, 11) is -2.11. The molecule has 0 aromatic carbocycles. The molecule has 0 aromatic heterocycles. The first-order valence-electron chi connectivity index (χ1n) is 3.77. The van der Waals surface area contributed by atoms with E-state index in [0.717, 1.165) is 7.11 Å². The van der Waals surface area contributed by atoms with E-state index >= 15 is 0 Å². The number of sulfone groups is 1. The van der Waals surface area contributed by atoms with Gasteiger partial charge in [-0.2, -0.15) is 0 Å². The van der Waals surface area contributed by atoms with E-state index in [1.807, 2.05) is 0 Å². The van der Waals surface area contributed by atoms with E-state index in [1.54, 1.807) is 0 Å². The summed E-state index contributed by atoms with van der Waals surface area (Å²) in [6, 6.07) is 0. The fraction of sp³-hybridized carbons (Fsp3) is 0.714. The molecule has 5 nitrogen and oxygen atoms in total. The van der Waals surface area contributed by atoms with Crippen LogP contribution >= 0.6 is 0 Å². The number of carbonyl (C=O) groups excluding carboxylic acids is 2. The Balaban J connectivity index is 2.83. The van der Waals surface area contributed by atoms with Gasteiger partial charge in [-0.05, 0) is 0 Å². The molecule has 0 spiro atoms. The van der Waals surface area contributed by atoms with E-state index in [-0.39, 0.29) is 18.0 Å². The first kappa shape index (κ1) is 10.2. The van der Waals surface area contributed by atoms with E-state index in [0.29, 0.717) is 0 Å². The molecule has 74 valence electrons. The molecule has 1 fully saturated rings. The quantitative estimate of drug-likeness (QED) is 0.413. The number of esters is 1. The number of hydrogen-bond acceptors (Lipinski definition) is 5. The molecule has 0 radical (unpaired) electrons. The lowest BCUT2D eigenvalue weighted by Crippen LogP contribution is -2.38. The van der Waals surface area contributed by atoms with Crippen molar-refractivity contribution in [1.29, 1.82) is 0 Å². The van der Waals surface area contributed by atoms with Crippen LogP contribution in [0.5, 0.6) is 0 Å². The number of methoxy groups -OCH3 is 1. The normalized spacial score (nSPS) is 26.8. The highest BCUT2D eigenvalue weighted by molar-refractivity contribution is 7.91. The Bertz CT molecular complexity index is 321. The monoisotopic (exact) mass is 206 g/mol. The van der Waals surface area contributed by atoms with Crippen LogP contribution in [0.4, 0.5) is 0 Å². The van der Waals surface area contributed by atoms with Crippen molar-refractivity contribution in [3.05, 3.63) is 0 Å². The van der Waals surface area contributed by atoms with Crippen LogP contribution in [-0.2, 0) is 24.2 Å². The molecule has 1 rings (SSSR count). The second-order valence-electron chi connectivity index (χ2n) is 2.91. The third kappa shape index (κ3) is 2.27. The van der Waals surface area contributed by atoms with Crippen molar-refractivity contribution in [3.8, 4) is 0 Å². The zero-order valence-corrected chi connectivity index (χ0v) is 7.96. The zero-order chi connectivity index (χ0) is 10.1.